The fourth-order valence-electron chi connectivity index (χ4n) is 6.55. The molecular weight excluding hydrogens is 512 g/mol. The second-order valence-electron chi connectivity index (χ2n) is 13.2. The normalized spacial score (nSPS) is 24.7. The number of carbonyl (C=O) groups is 4. The average molecular weight is 553 g/mol. The maximum absolute atomic E-state index is 14.0. The predicted molar refractivity (Wildman–Crippen MR) is 149 cm³/mol. The Balaban J connectivity index is 1.37. The second kappa shape index (κ2) is 9.90. The van der Waals surface area contributed by atoms with E-state index in [2.05, 4.69) is 29.5 Å². The van der Waals surface area contributed by atoms with E-state index in [9.17, 15) is 24.3 Å². The monoisotopic (exact) mass is 552 g/mol. The minimum absolute atomic E-state index is 0.00213. The van der Waals surface area contributed by atoms with Crippen molar-refractivity contribution in [1.29, 1.82) is 0 Å². The summed E-state index contributed by atoms with van der Waals surface area (Å²) in [5.41, 5.74) is 0.351. The number of H-pyrrole nitrogens is 1. The van der Waals surface area contributed by atoms with E-state index >= 15 is 0 Å². The first-order valence-electron chi connectivity index (χ1n) is 14.0. The van der Waals surface area contributed by atoms with Gasteiger partial charge in [-0.25, -0.2) is 0 Å². The molecule has 1 aromatic carbocycles. The van der Waals surface area contributed by atoms with E-state index in [0.29, 0.717) is 18.0 Å². The third kappa shape index (κ3) is 4.87. The molecule has 2 heterocycles. The number of hydrogen-bond donors (Lipinski definition) is 4. The van der Waals surface area contributed by atoms with Crippen molar-refractivity contribution in [2.75, 3.05) is 20.3 Å². The van der Waals surface area contributed by atoms with E-state index in [1.54, 1.807) is 18.1 Å². The van der Waals surface area contributed by atoms with E-state index in [1.165, 1.54) is 0 Å². The van der Waals surface area contributed by atoms with Crippen molar-refractivity contribution in [3.8, 4) is 5.75 Å². The van der Waals surface area contributed by atoms with Crippen LogP contribution in [0.5, 0.6) is 5.75 Å². The molecule has 2 aliphatic carbocycles. The van der Waals surface area contributed by atoms with Gasteiger partial charge in [-0.15, -0.1) is 0 Å². The summed E-state index contributed by atoms with van der Waals surface area (Å²) < 4.78 is 5.41. The van der Waals surface area contributed by atoms with E-state index in [1.807, 2.05) is 39.0 Å². The van der Waals surface area contributed by atoms with Crippen LogP contribution in [0, 0.1) is 28.6 Å². The lowest BCUT2D eigenvalue weighted by Crippen LogP contribution is -2.59. The lowest BCUT2D eigenvalue weighted by Gasteiger charge is -2.36. The van der Waals surface area contributed by atoms with Crippen molar-refractivity contribution < 1.29 is 29.0 Å². The molecule has 40 heavy (non-hydrogen) atoms. The number of aromatic amines is 1. The quantitative estimate of drug-likeness (QED) is 0.376. The molecule has 0 spiro atoms. The van der Waals surface area contributed by atoms with Crippen LogP contribution in [-0.4, -0.2) is 76.9 Å². The summed E-state index contributed by atoms with van der Waals surface area (Å²) in [4.78, 5) is 58.3. The van der Waals surface area contributed by atoms with Gasteiger partial charge >= 0.3 is 0 Å². The molecule has 216 valence electrons. The number of amides is 3. The van der Waals surface area contributed by atoms with Crippen molar-refractivity contribution in [2.24, 2.45) is 28.6 Å². The molecular formula is C30H40N4O6. The van der Waals surface area contributed by atoms with Gasteiger partial charge in [0, 0.05) is 17.4 Å². The fraction of sp³-hybridized carbons (Fsp3) is 0.600. The summed E-state index contributed by atoms with van der Waals surface area (Å²) in [6, 6.07) is 4.82. The summed E-state index contributed by atoms with van der Waals surface area (Å²) in [5.74, 6) is -0.767. The topological polar surface area (TPSA) is 141 Å². The number of aliphatic hydroxyl groups is 1. The van der Waals surface area contributed by atoms with Gasteiger partial charge in [0.05, 0.1) is 13.2 Å². The SMILES string of the molecule is COc1cccc2[nH]c(C(=O)NC(C(=O)N3C[C@H]4[C@@H]([C@H]3C(=O)N[C@H](C(=O)CO)C(C)(C)C)C4(C)C)C3CC3)cc12. The maximum Gasteiger partial charge on any atom is 0.268 e. The highest BCUT2D eigenvalue weighted by Crippen LogP contribution is 2.65. The number of benzene rings is 1. The zero-order chi connectivity index (χ0) is 29.1. The number of ketones is 1. The molecule has 0 radical (unpaired) electrons. The van der Waals surface area contributed by atoms with Crippen LogP contribution < -0.4 is 15.4 Å². The fourth-order valence-corrected chi connectivity index (χ4v) is 6.55. The highest BCUT2D eigenvalue weighted by Gasteiger charge is 2.70. The number of nitrogens with zero attached hydrogens (tertiary/aromatic N) is 1. The van der Waals surface area contributed by atoms with E-state index in [0.717, 1.165) is 23.7 Å². The molecule has 1 saturated heterocycles. The van der Waals surface area contributed by atoms with Gasteiger partial charge in [-0.1, -0.05) is 40.7 Å². The second-order valence-corrected chi connectivity index (χ2v) is 13.2. The van der Waals surface area contributed by atoms with Crippen molar-refractivity contribution in [1.82, 2.24) is 20.5 Å². The summed E-state index contributed by atoms with van der Waals surface area (Å²) in [5, 5.41) is 16.1. The van der Waals surface area contributed by atoms with Crippen LogP contribution in [0.2, 0.25) is 0 Å². The third-order valence-corrected chi connectivity index (χ3v) is 9.13. The highest BCUT2D eigenvalue weighted by molar-refractivity contribution is 6.02. The highest BCUT2D eigenvalue weighted by atomic mass is 16.5. The Morgan fingerprint density at radius 1 is 1.18 bits per heavy atom. The first-order chi connectivity index (χ1) is 18.8. The van der Waals surface area contributed by atoms with Crippen LogP contribution in [0.4, 0.5) is 0 Å². The minimum Gasteiger partial charge on any atom is -0.496 e. The predicted octanol–water partition coefficient (Wildman–Crippen LogP) is 2.26. The standard InChI is InChI=1S/C30H40N4O6/c1-29(2,3)25(20(36)14-35)33-27(38)24-22-17(30(22,4)5)13-34(24)28(39)23(15-10-11-15)32-26(37)19-12-16-18(31-19)8-7-9-21(16)40-6/h7-9,12,15,17,22-25,31,35H,10-11,13-14H2,1-6H3,(H,32,37)(H,33,38)/t17-,22-,23?,24-,25+/m0/s1. The number of carbonyl (C=O) groups excluding carboxylic acids is 4. The molecule has 3 fully saturated rings. The molecule has 2 saturated carbocycles. The van der Waals surface area contributed by atoms with Gasteiger partial charge in [0.15, 0.2) is 5.78 Å². The molecule has 3 amide bonds. The summed E-state index contributed by atoms with van der Waals surface area (Å²) in [6.07, 6.45) is 1.63. The molecule has 1 aliphatic heterocycles. The summed E-state index contributed by atoms with van der Waals surface area (Å²) in [6.45, 7) is 9.40. The maximum atomic E-state index is 14.0. The van der Waals surface area contributed by atoms with Crippen molar-refractivity contribution in [2.45, 2.75) is 65.6 Å². The van der Waals surface area contributed by atoms with Crippen LogP contribution in [0.25, 0.3) is 10.9 Å². The largest absolute Gasteiger partial charge is 0.496 e. The van der Waals surface area contributed by atoms with E-state index in [-0.39, 0.29) is 29.1 Å². The van der Waals surface area contributed by atoms with Crippen LogP contribution in [-0.2, 0) is 14.4 Å². The number of piperidine rings is 1. The van der Waals surface area contributed by atoms with E-state index in [4.69, 9.17) is 4.74 Å². The van der Waals surface area contributed by atoms with Crippen LogP contribution in [0.3, 0.4) is 0 Å². The van der Waals surface area contributed by atoms with Gasteiger partial charge in [-0.05, 0) is 59.6 Å². The molecule has 5 rings (SSSR count). The van der Waals surface area contributed by atoms with Gasteiger partial charge in [0.1, 0.15) is 30.1 Å². The minimum atomic E-state index is -0.888. The number of fused-ring (bicyclic) bond motifs is 2. The van der Waals surface area contributed by atoms with Gasteiger partial charge in [0.2, 0.25) is 11.8 Å². The van der Waals surface area contributed by atoms with Gasteiger partial charge in [-0.2, -0.15) is 0 Å². The molecule has 1 aromatic heterocycles. The lowest BCUT2D eigenvalue weighted by atomic mass is 9.84. The number of rotatable bonds is 9. The van der Waals surface area contributed by atoms with Crippen molar-refractivity contribution in [3.63, 3.8) is 0 Å². The van der Waals surface area contributed by atoms with Crippen LogP contribution in [0.15, 0.2) is 24.3 Å². The molecule has 4 N–H and O–H groups in total. The van der Waals surface area contributed by atoms with Gasteiger partial charge in [-0.3, -0.25) is 19.2 Å². The molecule has 5 atom stereocenters. The van der Waals surface area contributed by atoms with Crippen molar-refractivity contribution in [3.05, 3.63) is 30.0 Å². The zero-order valence-electron chi connectivity index (χ0n) is 24.0. The third-order valence-electron chi connectivity index (χ3n) is 9.13. The Morgan fingerprint density at radius 3 is 2.48 bits per heavy atom. The van der Waals surface area contributed by atoms with Crippen LogP contribution >= 0.6 is 0 Å². The van der Waals surface area contributed by atoms with Crippen molar-refractivity contribution >= 4 is 34.4 Å². The summed E-state index contributed by atoms with van der Waals surface area (Å²) in [7, 11) is 1.57. The molecule has 0 bridgehead atoms. The number of likely N-dealkylation sites (tertiary alicyclic amines) is 1. The average Bonchev–Trinajstić information content (AvgIpc) is 3.68. The molecule has 3 aliphatic rings. The Bertz CT molecular complexity index is 1350. The smallest absolute Gasteiger partial charge is 0.268 e. The Morgan fingerprint density at radius 2 is 1.88 bits per heavy atom. The Kier molecular flexibility index (Phi) is 6.97. The molecule has 2 aromatic rings. The summed E-state index contributed by atoms with van der Waals surface area (Å²) >= 11 is 0. The number of hydrogen-bond acceptors (Lipinski definition) is 6. The molecule has 10 heteroatoms. The lowest BCUT2D eigenvalue weighted by molar-refractivity contribution is -0.143. The Hall–Kier alpha value is -3.40. The van der Waals surface area contributed by atoms with Gasteiger partial charge < -0.3 is 30.4 Å². The number of Topliss-reactive ketones (excluding diaryl/α,β-unsaturated/α-hetero) is 1. The first kappa shape index (κ1) is 28.1. The first-order valence-corrected chi connectivity index (χ1v) is 14.0. The number of nitrogens with one attached hydrogen (secondary N) is 3. The number of methoxy groups -OCH3 is 1. The van der Waals surface area contributed by atoms with E-state index < -0.39 is 47.7 Å². The van der Waals surface area contributed by atoms with Crippen LogP contribution in [0.1, 0.15) is 57.9 Å². The number of aromatic nitrogens is 1. The molecule has 1 unspecified atom stereocenters. The Labute approximate surface area is 234 Å². The van der Waals surface area contributed by atoms with Gasteiger partial charge in [0.25, 0.3) is 5.91 Å². The number of ether oxygens (including phenoxy) is 1. The zero-order valence-corrected chi connectivity index (χ0v) is 24.0. The number of aliphatic hydroxyl groups excluding tert-OH is 1. The molecule has 10 nitrogen and oxygen atoms in total.